The number of aryl methyl sites for hydroxylation is 1. The van der Waals surface area contributed by atoms with Gasteiger partial charge in [0.1, 0.15) is 5.76 Å². The number of aromatic nitrogens is 1. The van der Waals surface area contributed by atoms with Gasteiger partial charge in [0.2, 0.25) is 5.91 Å². The van der Waals surface area contributed by atoms with Gasteiger partial charge >= 0.3 is 0 Å². The van der Waals surface area contributed by atoms with Gasteiger partial charge in [-0.15, -0.1) is 0 Å². The second-order valence-electron chi connectivity index (χ2n) is 6.75. The van der Waals surface area contributed by atoms with Gasteiger partial charge < -0.3 is 20.3 Å². The van der Waals surface area contributed by atoms with Gasteiger partial charge in [-0.2, -0.15) is 5.16 Å². The number of piperidine rings is 1. The van der Waals surface area contributed by atoms with Gasteiger partial charge in [0.15, 0.2) is 0 Å². The van der Waals surface area contributed by atoms with E-state index in [0.717, 1.165) is 38.8 Å². The van der Waals surface area contributed by atoms with Gasteiger partial charge in [-0.1, -0.05) is 0 Å². The van der Waals surface area contributed by atoms with Crippen LogP contribution in [0.4, 0.5) is 0 Å². The van der Waals surface area contributed by atoms with Crippen LogP contribution in [-0.4, -0.2) is 41.4 Å². The van der Waals surface area contributed by atoms with Crippen LogP contribution in [0.3, 0.4) is 0 Å². The van der Waals surface area contributed by atoms with E-state index in [4.69, 9.17) is 4.52 Å². The van der Waals surface area contributed by atoms with Gasteiger partial charge in [0.05, 0.1) is 6.10 Å². The fraction of sp³-hybridized carbons (Fsp3) is 0.750. The van der Waals surface area contributed by atoms with Gasteiger partial charge in [0, 0.05) is 24.9 Å². The number of carbonyl (C=O) groups is 1. The van der Waals surface area contributed by atoms with Crippen LogP contribution >= 0.6 is 0 Å². The highest BCUT2D eigenvalue weighted by Gasteiger charge is 2.39. The van der Waals surface area contributed by atoms with Gasteiger partial charge in [0.25, 0.3) is 5.56 Å². The summed E-state index contributed by atoms with van der Waals surface area (Å²) in [5.74, 6) is 1.34. The summed E-state index contributed by atoms with van der Waals surface area (Å²) in [6, 6.07) is 1.52. The fourth-order valence-corrected chi connectivity index (χ4v) is 3.69. The highest BCUT2D eigenvalue weighted by Crippen LogP contribution is 2.35. The third-order valence-corrected chi connectivity index (χ3v) is 5.05. The summed E-state index contributed by atoms with van der Waals surface area (Å²) in [5.41, 5.74) is -0.281. The summed E-state index contributed by atoms with van der Waals surface area (Å²) in [7, 11) is 0. The molecule has 7 nitrogen and oxygen atoms in total. The quantitative estimate of drug-likeness (QED) is 0.596. The smallest absolute Gasteiger partial charge is 0.280 e. The lowest BCUT2D eigenvalue weighted by atomic mass is 9.71. The van der Waals surface area contributed by atoms with E-state index < -0.39 is 0 Å². The molecule has 7 heteroatoms. The number of H-pyrrole nitrogens is 1. The van der Waals surface area contributed by atoms with Crippen molar-refractivity contribution in [3.63, 3.8) is 0 Å². The maximum Gasteiger partial charge on any atom is 0.280 e. The predicted molar refractivity (Wildman–Crippen MR) is 83.9 cm³/mol. The molecule has 0 unspecified atom stereocenters. The Labute approximate surface area is 134 Å². The first-order chi connectivity index (χ1) is 11.1. The Hall–Kier alpha value is -1.60. The molecule has 1 aliphatic carbocycles. The molecule has 128 valence electrons. The number of hydrogen-bond donors (Lipinski definition) is 4. The SMILES string of the molecule is O=C(CCc1cc(=O)[nH]o1)N[C@@H](C1CCNCC1)C1CC(O)C1. The van der Waals surface area contributed by atoms with Crippen LogP contribution in [0, 0.1) is 11.8 Å². The number of aliphatic hydroxyl groups excluding tert-OH is 1. The van der Waals surface area contributed by atoms with Crippen molar-refractivity contribution in [3.05, 3.63) is 22.2 Å². The summed E-state index contributed by atoms with van der Waals surface area (Å²) < 4.78 is 4.97. The number of rotatable bonds is 6. The molecule has 2 fully saturated rings. The molecule has 23 heavy (non-hydrogen) atoms. The molecule has 4 N–H and O–H groups in total. The summed E-state index contributed by atoms with van der Waals surface area (Å²) >= 11 is 0. The minimum Gasteiger partial charge on any atom is -0.393 e. The van der Waals surface area contributed by atoms with E-state index in [1.807, 2.05) is 0 Å². The molecule has 0 aromatic carbocycles. The van der Waals surface area contributed by atoms with Crippen LogP contribution in [0.15, 0.2) is 15.4 Å². The van der Waals surface area contributed by atoms with Gasteiger partial charge in [-0.25, -0.2) is 0 Å². The standard InChI is InChI=1S/C16H25N3O4/c20-12-7-11(8-12)16(10-3-5-17-6-4-10)18-14(21)2-1-13-9-15(22)19-23-13/h9-12,16-17,20H,1-8H2,(H,18,21)(H,19,22)/t11?,12?,16-/m0/s1. The van der Waals surface area contributed by atoms with Crippen molar-refractivity contribution in [2.45, 2.75) is 50.7 Å². The minimum absolute atomic E-state index is 0.0150. The lowest BCUT2D eigenvalue weighted by Gasteiger charge is -2.43. The van der Waals surface area contributed by atoms with Crippen LogP contribution in [0.5, 0.6) is 0 Å². The summed E-state index contributed by atoms with van der Waals surface area (Å²) in [4.78, 5) is 23.3. The highest BCUT2D eigenvalue weighted by molar-refractivity contribution is 5.76. The fourth-order valence-electron chi connectivity index (χ4n) is 3.69. The molecule has 1 saturated heterocycles. The lowest BCUT2D eigenvalue weighted by molar-refractivity contribution is -0.123. The van der Waals surface area contributed by atoms with E-state index in [1.165, 1.54) is 6.07 Å². The maximum absolute atomic E-state index is 12.3. The Morgan fingerprint density at radius 1 is 1.35 bits per heavy atom. The van der Waals surface area contributed by atoms with Crippen molar-refractivity contribution in [3.8, 4) is 0 Å². The lowest BCUT2D eigenvalue weighted by Crippen LogP contribution is -2.52. The largest absolute Gasteiger partial charge is 0.393 e. The Morgan fingerprint density at radius 3 is 2.70 bits per heavy atom. The van der Waals surface area contributed by atoms with Crippen molar-refractivity contribution < 1.29 is 14.4 Å². The number of hydrogen-bond acceptors (Lipinski definition) is 5. The minimum atomic E-state index is -0.281. The molecule has 3 rings (SSSR count). The molecule has 1 aromatic rings. The molecule has 0 bridgehead atoms. The summed E-state index contributed by atoms with van der Waals surface area (Å²) in [5, 5.41) is 18.3. The zero-order chi connectivity index (χ0) is 16.2. The van der Waals surface area contributed by atoms with Gasteiger partial charge in [-0.05, 0) is 50.6 Å². The van der Waals surface area contributed by atoms with Crippen LogP contribution in [0.2, 0.25) is 0 Å². The third-order valence-electron chi connectivity index (χ3n) is 5.05. The summed E-state index contributed by atoms with van der Waals surface area (Å²) in [6.07, 6.45) is 4.18. The second-order valence-corrected chi connectivity index (χ2v) is 6.75. The molecular weight excluding hydrogens is 298 g/mol. The average Bonchev–Trinajstić information content (AvgIpc) is 2.94. The van der Waals surface area contributed by atoms with E-state index in [0.29, 0.717) is 30.4 Å². The van der Waals surface area contributed by atoms with Crippen molar-refractivity contribution in [1.29, 1.82) is 0 Å². The molecule has 2 heterocycles. The van der Waals surface area contributed by atoms with Gasteiger partial charge in [-0.3, -0.25) is 9.59 Å². The van der Waals surface area contributed by atoms with Crippen molar-refractivity contribution in [2.75, 3.05) is 13.1 Å². The predicted octanol–water partition coefficient (Wildman–Crippen LogP) is 0.156. The first kappa shape index (κ1) is 16.3. The topological polar surface area (TPSA) is 107 Å². The Morgan fingerprint density at radius 2 is 2.09 bits per heavy atom. The van der Waals surface area contributed by atoms with Crippen molar-refractivity contribution in [2.24, 2.45) is 11.8 Å². The molecule has 0 spiro atoms. The van der Waals surface area contributed by atoms with Crippen molar-refractivity contribution >= 4 is 5.91 Å². The zero-order valence-corrected chi connectivity index (χ0v) is 13.2. The normalized spacial score (nSPS) is 26.5. The zero-order valence-electron chi connectivity index (χ0n) is 13.2. The first-order valence-corrected chi connectivity index (χ1v) is 8.47. The molecular formula is C16H25N3O4. The van der Waals surface area contributed by atoms with Crippen molar-refractivity contribution in [1.82, 2.24) is 15.8 Å². The highest BCUT2D eigenvalue weighted by atomic mass is 16.5. The van der Waals surface area contributed by atoms with E-state index in [9.17, 15) is 14.7 Å². The molecule has 1 aliphatic heterocycles. The molecule has 1 atom stereocenters. The molecule has 1 saturated carbocycles. The monoisotopic (exact) mass is 323 g/mol. The van der Waals surface area contributed by atoms with Crippen LogP contribution in [-0.2, 0) is 11.2 Å². The van der Waals surface area contributed by atoms with Crippen LogP contribution in [0.25, 0.3) is 0 Å². The maximum atomic E-state index is 12.3. The number of nitrogens with one attached hydrogen (secondary N) is 3. The number of aromatic amines is 1. The Balaban J connectivity index is 1.54. The molecule has 2 aliphatic rings. The third kappa shape index (κ3) is 4.23. The molecule has 1 aromatic heterocycles. The number of carbonyl (C=O) groups excluding carboxylic acids is 1. The number of amides is 1. The number of aliphatic hydroxyl groups is 1. The molecule has 0 radical (unpaired) electrons. The van der Waals surface area contributed by atoms with E-state index in [2.05, 4.69) is 15.8 Å². The van der Waals surface area contributed by atoms with Crippen LogP contribution in [0.1, 0.15) is 37.9 Å². The first-order valence-electron chi connectivity index (χ1n) is 8.47. The Kier molecular flexibility index (Phi) is 5.17. The van der Waals surface area contributed by atoms with E-state index in [-0.39, 0.29) is 23.6 Å². The average molecular weight is 323 g/mol. The Bertz CT molecular complexity index is 570. The summed E-state index contributed by atoms with van der Waals surface area (Å²) in [6.45, 7) is 1.97. The molecule has 1 amide bonds. The van der Waals surface area contributed by atoms with Crippen LogP contribution < -0.4 is 16.2 Å². The van der Waals surface area contributed by atoms with E-state index in [1.54, 1.807) is 0 Å². The van der Waals surface area contributed by atoms with E-state index >= 15 is 0 Å². The second kappa shape index (κ2) is 7.31.